The average molecular weight is 405 g/mol. The van der Waals surface area contributed by atoms with Crippen molar-refractivity contribution in [2.24, 2.45) is 5.10 Å². The highest BCUT2D eigenvalue weighted by atomic mass is 16.6. The van der Waals surface area contributed by atoms with Gasteiger partial charge in [0.1, 0.15) is 17.2 Å². The topological polar surface area (TPSA) is 180 Å². The maximum atomic E-state index is 12.2. The predicted molar refractivity (Wildman–Crippen MR) is 106 cm³/mol. The summed E-state index contributed by atoms with van der Waals surface area (Å²) < 4.78 is 0. The van der Waals surface area contributed by atoms with Crippen molar-refractivity contribution in [3.63, 3.8) is 0 Å². The van der Waals surface area contributed by atoms with Crippen LogP contribution < -0.4 is 11.0 Å². The third-order valence-corrected chi connectivity index (χ3v) is 3.90. The Kier molecular flexibility index (Phi) is 5.55. The number of rotatable bonds is 6. The minimum Gasteiger partial charge on any atom is -0.290 e. The molecule has 2 aromatic carbocycles. The molecule has 0 saturated carbocycles. The third kappa shape index (κ3) is 3.99. The molecule has 0 aliphatic rings. The maximum absolute atomic E-state index is 12.2. The molecule has 3 aromatic rings. The average Bonchev–Trinajstić information content (AvgIpc) is 2.73. The van der Waals surface area contributed by atoms with E-state index in [1.165, 1.54) is 6.07 Å². The lowest BCUT2D eigenvalue weighted by molar-refractivity contribution is -0.394. The van der Waals surface area contributed by atoms with Gasteiger partial charge in [0.2, 0.25) is 5.95 Å². The van der Waals surface area contributed by atoms with E-state index in [0.29, 0.717) is 5.56 Å². The molecule has 12 heteroatoms. The van der Waals surface area contributed by atoms with E-state index in [4.69, 9.17) is 0 Å². The molecule has 30 heavy (non-hydrogen) atoms. The van der Waals surface area contributed by atoms with Crippen molar-refractivity contribution in [3.8, 4) is 17.3 Å². The molecule has 1 heterocycles. The van der Waals surface area contributed by atoms with Crippen LogP contribution in [0.4, 0.5) is 17.3 Å². The van der Waals surface area contributed by atoms with Gasteiger partial charge in [-0.05, 0) is 6.07 Å². The molecular formula is C18H11N7O5. The Balaban J connectivity index is 2.00. The summed E-state index contributed by atoms with van der Waals surface area (Å²) in [6.45, 7) is 0. The Morgan fingerprint density at radius 3 is 2.27 bits per heavy atom. The van der Waals surface area contributed by atoms with Crippen molar-refractivity contribution in [2.45, 2.75) is 0 Å². The quantitative estimate of drug-likeness (QED) is 0.356. The maximum Gasteiger partial charge on any atom is 0.285 e. The highest BCUT2D eigenvalue weighted by molar-refractivity contribution is 5.91. The first kappa shape index (κ1) is 19.8. The van der Waals surface area contributed by atoms with Gasteiger partial charge in [0, 0.05) is 17.7 Å². The van der Waals surface area contributed by atoms with Crippen molar-refractivity contribution < 1.29 is 9.85 Å². The van der Waals surface area contributed by atoms with Crippen LogP contribution >= 0.6 is 0 Å². The second kappa shape index (κ2) is 8.40. The molecule has 12 nitrogen and oxygen atoms in total. The minimum atomic E-state index is -0.774. The van der Waals surface area contributed by atoms with Gasteiger partial charge in [-0.3, -0.25) is 30.0 Å². The molecule has 0 atom stereocenters. The van der Waals surface area contributed by atoms with E-state index in [1.807, 2.05) is 0 Å². The highest BCUT2D eigenvalue weighted by Gasteiger charge is 2.23. The predicted octanol–water partition coefficient (Wildman–Crippen LogP) is 2.57. The molecule has 0 aliphatic heterocycles. The molecule has 0 amide bonds. The summed E-state index contributed by atoms with van der Waals surface area (Å²) in [5.41, 5.74) is 0.714. The van der Waals surface area contributed by atoms with Crippen LogP contribution in [0.1, 0.15) is 11.1 Å². The van der Waals surface area contributed by atoms with Gasteiger partial charge in [0.25, 0.3) is 16.9 Å². The number of H-pyrrole nitrogens is 1. The van der Waals surface area contributed by atoms with E-state index in [0.717, 1.165) is 18.3 Å². The lowest BCUT2D eigenvalue weighted by Gasteiger charge is -2.06. The molecule has 0 fully saturated rings. The number of nitrogens with one attached hydrogen (secondary N) is 2. The summed E-state index contributed by atoms with van der Waals surface area (Å²) >= 11 is 0. The van der Waals surface area contributed by atoms with Gasteiger partial charge in [-0.15, -0.1) is 0 Å². The lowest BCUT2D eigenvalue weighted by atomic mass is 10.1. The molecule has 0 saturated heterocycles. The summed E-state index contributed by atoms with van der Waals surface area (Å²) in [5.74, 6) is -0.157. The number of aromatic nitrogens is 2. The minimum absolute atomic E-state index is 0.108. The molecule has 0 spiro atoms. The number of hydrogen-bond donors (Lipinski definition) is 2. The van der Waals surface area contributed by atoms with Crippen LogP contribution in [0.15, 0.2) is 58.4 Å². The zero-order valence-electron chi connectivity index (χ0n) is 15.0. The Hall–Kier alpha value is -4.92. The standard InChI is InChI=1S/C18H11N7O5/c19-9-12-16(11-5-2-1-3-6-11)21-18(22-17(12)26)23-20-10-13-14(24(27)28)7-4-8-15(13)25(29)30/h1-8,10H,(H2,21,22,23,26). The number of benzene rings is 2. The van der Waals surface area contributed by atoms with Crippen LogP contribution in [0, 0.1) is 31.6 Å². The van der Waals surface area contributed by atoms with Crippen molar-refractivity contribution in [2.75, 3.05) is 5.43 Å². The van der Waals surface area contributed by atoms with Crippen molar-refractivity contribution in [3.05, 3.63) is 90.2 Å². The summed E-state index contributed by atoms with van der Waals surface area (Å²) in [4.78, 5) is 39.4. The molecule has 2 N–H and O–H groups in total. The third-order valence-electron chi connectivity index (χ3n) is 3.90. The van der Waals surface area contributed by atoms with E-state index in [1.54, 1.807) is 36.4 Å². The van der Waals surface area contributed by atoms with Gasteiger partial charge >= 0.3 is 0 Å². The molecule has 1 aromatic heterocycles. The monoisotopic (exact) mass is 405 g/mol. The summed E-state index contributed by atoms with van der Waals surface area (Å²) in [6, 6.07) is 13.7. The second-order valence-electron chi connectivity index (χ2n) is 5.71. The van der Waals surface area contributed by atoms with Crippen LogP contribution in [0.25, 0.3) is 11.3 Å². The van der Waals surface area contributed by atoms with Crippen LogP contribution in [0.3, 0.4) is 0 Å². The number of nitro groups is 2. The molecule has 148 valence electrons. The van der Waals surface area contributed by atoms with Gasteiger partial charge in [-0.1, -0.05) is 30.3 Å². The van der Waals surface area contributed by atoms with Crippen LogP contribution in [0.5, 0.6) is 0 Å². The highest BCUT2D eigenvalue weighted by Crippen LogP contribution is 2.26. The Labute approximate surface area is 167 Å². The summed E-state index contributed by atoms with van der Waals surface area (Å²) in [7, 11) is 0. The number of nitro benzene ring substituents is 2. The molecule has 0 radical (unpaired) electrons. The molecule has 0 unspecified atom stereocenters. The molecule has 0 aliphatic carbocycles. The fourth-order valence-corrected chi connectivity index (χ4v) is 2.58. The number of aromatic amines is 1. The summed E-state index contributed by atoms with van der Waals surface area (Å²) in [6.07, 6.45) is 0.886. The molecule has 3 rings (SSSR count). The number of hydrazone groups is 1. The van der Waals surface area contributed by atoms with Gasteiger partial charge in [0.05, 0.1) is 21.8 Å². The van der Waals surface area contributed by atoms with Crippen molar-refractivity contribution in [1.82, 2.24) is 9.97 Å². The number of hydrogen-bond acceptors (Lipinski definition) is 9. The first-order chi connectivity index (χ1) is 14.4. The lowest BCUT2D eigenvalue weighted by Crippen LogP contribution is -2.16. The van der Waals surface area contributed by atoms with Gasteiger partial charge < -0.3 is 0 Å². The second-order valence-corrected chi connectivity index (χ2v) is 5.71. The van der Waals surface area contributed by atoms with E-state index >= 15 is 0 Å². The van der Waals surface area contributed by atoms with Gasteiger partial charge in [-0.25, -0.2) is 10.4 Å². The van der Waals surface area contributed by atoms with Crippen molar-refractivity contribution in [1.29, 1.82) is 5.26 Å². The van der Waals surface area contributed by atoms with Crippen LogP contribution in [-0.4, -0.2) is 26.0 Å². The van der Waals surface area contributed by atoms with E-state index in [-0.39, 0.29) is 22.8 Å². The largest absolute Gasteiger partial charge is 0.290 e. The normalized spacial score (nSPS) is 10.5. The van der Waals surface area contributed by atoms with Crippen LogP contribution in [-0.2, 0) is 0 Å². The molecule has 0 bridgehead atoms. The number of anilines is 1. The van der Waals surface area contributed by atoms with E-state index in [9.17, 15) is 30.3 Å². The first-order valence-electron chi connectivity index (χ1n) is 8.23. The fourth-order valence-electron chi connectivity index (χ4n) is 2.58. The van der Waals surface area contributed by atoms with E-state index in [2.05, 4.69) is 20.5 Å². The zero-order chi connectivity index (χ0) is 21.7. The number of nitriles is 1. The molecular weight excluding hydrogens is 394 g/mol. The Bertz CT molecular complexity index is 1230. The van der Waals surface area contributed by atoms with Gasteiger partial charge in [0.15, 0.2) is 0 Å². The Morgan fingerprint density at radius 1 is 1.07 bits per heavy atom. The summed E-state index contributed by atoms with van der Waals surface area (Å²) in [5, 5.41) is 35.3. The van der Waals surface area contributed by atoms with Crippen molar-refractivity contribution >= 4 is 23.5 Å². The fraction of sp³-hybridized carbons (Fsp3) is 0. The SMILES string of the molecule is N#Cc1c(-c2ccccc2)nc(NN=Cc2c([N+](=O)[O-])cccc2[N+](=O)[O-])[nH]c1=O. The van der Waals surface area contributed by atoms with E-state index < -0.39 is 26.8 Å². The Morgan fingerprint density at radius 2 is 1.70 bits per heavy atom. The first-order valence-corrected chi connectivity index (χ1v) is 8.23. The van der Waals surface area contributed by atoms with Gasteiger partial charge in [-0.2, -0.15) is 10.4 Å². The zero-order valence-corrected chi connectivity index (χ0v) is 15.0. The number of nitrogens with zero attached hydrogens (tertiary/aromatic N) is 5. The smallest absolute Gasteiger partial charge is 0.285 e. The van der Waals surface area contributed by atoms with Crippen LogP contribution in [0.2, 0.25) is 0 Å².